The molecule has 1 saturated carbocycles. The van der Waals surface area contributed by atoms with E-state index in [0.29, 0.717) is 5.41 Å². The highest BCUT2D eigenvalue weighted by Crippen LogP contribution is 2.40. The van der Waals surface area contributed by atoms with Crippen molar-refractivity contribution >= 4 is 0 Å². The Hall–Kier alpha value is -1.10. The average Bonchev–Trinajstić information content (AvgIpc) is 3.27. The first-order valence-electron chi connectivity index (χ1n) is 11.7. The van der Waals surface area contributed by atoms with Crippen molar-refractivity contribution in [1.29, 1.82) is 0 Å². The summed E-state index contributed by atoms with van der Waals surface area (Å²) in [5, 5.41) is 3.49. The van der Waals surface area contributed by atoms with Crippen LogP contribution >= 0.6 is 0 Å². The summed E-state index contributed by atoms with van der Waals surface area (Å²) in [7, 11) is 0. The molecule has 28 heavy (non-hydrogen) atoms. The first-order chi connectivity index (χ1) is 13.8. The molecule has 0 atom stereocenters. The van der Waals surface area contributed by atoms with Crippen LogP contribution in [0.2, 0.25) is 0 Å². The Balaban J connectivity index is 1.32. The molecule has 1 N–H and O–H groups in total. The van der Waals surface area contributed by atoms with Gasteiger partial charge in [0.1, 0.15) is 5.75 Å². The Morgan fingerprint density at radius 1 is 0.821 bits per heavy atom. The van der Waals surface area contributed by atoms with Crippen molar-refractivity contribution in [3.05, 3.63) is 29.8 Å². The number of rotatable bonds is 8. The SMILES string of the molecule is c1cc(C2(CN3CCNCC3)CCCCC2)ccc1OCCCN1CCCC1. The zero-order chi connectivity index (χ0) is 19.1. The van der Waals surface area contributed by atoms with Gasteiger partial charge in [-0.05, 0) is 62.9 Å². The molecule has 1 aliphatic carbocycles. The minimum atomic E-state index is 0.351. The van der Waals surface area contributed by atoms with E-state index in [-0.39, 0.29) is 0 Å². The van der Waals surface area contributed by atoms with Crippen molar-refractivity contribution < 1.29 is 4.74 Å². The highest BCUT2D eigenvalue weighted by molar-refractivity contribution is 5.33. The van der Waals surface area contributed by atoms with Gasteiger partial charge in [-0.1, -0.05) is 31.4 Å². The topological polar surface area (TPSA) is 27.7 Å². The molecular weight excluding hydrogens is 346 g/mol. The van der Waals surface area contributed by atoms with E-state index in [9.17, 15) is 0 Å². The van der Waals surface area contributed by atoms with Gasteiger partial charge in [-0.3, -0.25) is 4.90 Å². The van der Waals surface area contributed by atoms with Crippen molar-refractivity contribution in [2.75, 3.05) is 59.0 Å². The predicted octanol–water partition coefficient (Wildman–Crippen LogP) is 3.66. The van der Waals surface area contributed by atoms with Gasteiger partial charge in [-0.25, -0.2) is 0 Å². The number of nitrogens with zero attached hydrogens (tertiary/aromatic N) is 2. The lowest BCUT2D eigenvalue weighted by molar-refractivity contribution is 0.154. The van der Waals surface area contributed by atoms with E-state index < -0.39 is 0 Å². The summed E-state index contributed by atoms with van der Waals surface area (Å²) in [4.78, 5) is 5.25. The van der Waals surface area contributed by atoms with E-state index in [1.165, 1.54) is 89.8 Å². The van der Waals surface area contributed by atoms with Gasteiger partial charge >= 0.3 is 0 Å². The van der Waals surface area contributed by atoms with Crippen molar-refractivity contribution in [2.45, 2.75) is 56.8 Å². The lowest BCUT2D eigenvalue weighted by atomic mass is 9.69. The second-order valence-corrected chi connectivity index (χ2v) is 9.14. The number of benzene rings is 1. The summed E-state index contributed by atoms with van der Waals surface area (Å²) in [5.41, 5.74) is 1.89. The third-order valence-corrected chi connectivity index (χ3v) is 7.10. The molecule has 2 saturated heterocycles. The molecule has 0 spiro atoms. The second-order valence-electron chi connectivity index (χ2n) is 9.14. The zero-order valence-electron chi connectivity index (χ0n) is 17.6. The van der Waals surface area contributed by atoms with Crippen LogP contribution in [0.5, 0.6) is 5.75 Å². The Morgan fingerprint density at radius 3 is 2.25 bits per heavy atom. The van der Waals surface area contributed by atoms with Gasteiger partial charge in [-0.2, -0.15) is 0 Å². The van der Waals surface area contributed by atoms with Crippen LogP contribution in [0.1, 0.15) is 56.9 Å². The van der Waals surface area contributed by atoms with Gasteiger partial charge in [-0.15, -0.1) is 0 Å². The third-order valence-electron chi connectivity index (χ3n) is 7.10. The summed E-state index contributed by atoms with van der Waals surface area (Å²) >= 11 is 0. The fraction of sp³-hybridized carbons (Fsp3) is 0.750. The fourth-order valence-corrected chi connectivity index (χ4v) is 5.45. The van der Waals surface area contributed by atoms with Crippen molar-refractivity contribution in [1.82, 2.24) is 15.1 Å². The van der Waals surface area contributed by atoms with Crippen LogP contribution < -0.4 is 10.1 Å². The molecule has 1 aromatic carbocycles. The molecule has 4 rings (SSSR count). The monoisotopic (exact) mass is 385 g/mol. The molecule has 3 fully saturated rings. The Labute approximate surface area is 171 Å². The molecule has 0 radical (unpaired) electrons. The largest absolute Gasteiger partial charge is 0.494 e. The molecule has 2 aliphatic heterocycles. The smallest absolute Gasteiger partial charge is 0.119 e. The molecule has 156 valence electrons. The van der Waals surface area contributed by atoms with Gasteiger partial charge < -0.3 is 15.0 Å². The van der Waals surface area contributed by atoms with Crippen LogP contribution in [-0.2, 0) is 5.41 Å². The van der Waals surface area contributed by atoms with E-state index in [1.54, 1.807) is 0 Å². The van der Waals surface area contributed by atoms with Crippen LogP contribution in [-0.4, -0.2) is 68.8 Å². The number of ether oxygens (including phenoxy) is 1. The minimum absolute atomic E-state index is 0.351. The molecule has 1 aromatic rings. The summed E-state index contributed by atoms with van der Waals surface area (Å²) in [6, 6.07) is 9.17. The standard InChI is InChI=1S/C24H39N3O/c1-2-11-24(12-3-1,21-27-18-13-25-14-19-27)22-7-9-23(10-8-22)28-20-6-17-26-15-4-5-16-26/h7-10,25H,1-6,11-21H2. The average molecular weight is 386 g/mol. The van der Waals surface area contributed by atoms with E-state index in [4.69, 9.17) is 4.74 Å². The fourth-order valence-electron chi connectivity index (χ4n) is 5.45. The Bertz CT molecular complexity index is 570. The Morgan fingerprint density at radius 2 is 1.54 bits per heavy atom. The molecule has 2 heterocycles. The molecule has 0 bridgehead atoms. The molecule has 0 amide bonds. The number of piperazine rings is 1. The summed E-state index contributed by atoms with van der Waals surface area (Å²) in [6.45, 7) is 10.5. The number of hydrogen-bond acceptors (Lipinski definition) is 4. The van der Waals surface area contributed by atoms with Crippen LogP contribution in [0, 0.1) is 0 Å². The zero-order valence-corrected chi connectivity index (χ0v) is 17.6. The maximum absolute atomic E-state index is 6.05. The molecule has 4 heteroatoms. The lowest BCUT2D eigenvalue weighted by Crippen LogP contribution is -2.50. The third kappa shape index (κ3) is 5.28. The molecule has 4 nitrogen and oxygen atoms in total. The predicted molar refractivity (Wildman–Crippen MR) is 116 cm³/mol. The summed E-state index contributed by atoms with van der Waals surface area (Å²) in [6.07, 6.45) is 10.7. The van der Waals surface area contributed by atoms with Crippen molar-refractivity contribution in [3.8, 4) is 5.75 Å². The summed E-state index contributed by atoms with van der Waals surface area (Å²) < 4.78 is 6.05. The van der Waals surface area contributed by atoms with Crippen LogP contribution in [0.4, 0.5) is 0 Å². The normalized spacial score (nSPS) is 23.7. The number of nitrogens with one attached hydrogen (secondary N) is 1. The maximum atomic E-state index is 6.05. The van der Waals surface area contributed by atoms with Crippen molar-refractivity contribution in [3.63, 3.8) is 0 Å². The lowest BCUT2D eigenvalue weighted by Gasteiger charge is -2.43. The van der Waals surface area contributed by atoms with E-state index in [1.807, 2.05) is 0 Å². The van der Waals surface area contributed by atoms with Gasteiger partial charge in [0.2, 0.25) is 0 Å². The molecular formula is C24H39N3O. The first-order valence-corrected chi connectivity index (χ1v) is 11.7. The van der Waals surface area contributed by atoms with Gasteiger partial charge in [0, 0.05) is 44.7 Å². The van der Waals surface area contributed by atoms with Gasteiger partial charge in [0.25, 0.3) is 0 Å². The van der Waals surface area contributed by atoms with Crippen LogP contribution in [0.3, 0.4) is 0 Å². The van der Waals surface area contributed by atoms with E-state index in [2.05, 4.69) is 39.4 Å². The molecule has 0 unspecified atom stereocenters. The van der Waals surface area contributed by atoms with E-state index >= 15 is 0 Å². The summed E-state index contributed by atoms with van der Waals surface area (Å²) in [5.74, 6) is 1.04. The first kappa shape index (κ1) is 20.2. The van der Waals surface area contributed by atoms with Crippen LogP contribution in [0.15, 0.2) is 24.3 Å². The van der Waals surface area contributed by atoms with Gasteiger partial charge in [0.15, 0.2) is 0 Å². The minimum Gasteiger partial charge on any atom is -0.494 e. The van der Waals surface area contributed by atoms with Crippen LogP contribution in [0.25, 0.3) is 0 Å². The number of likely N-dealkylation sites (tertiary alicyclic amines) is 1. The molecule has 3 aliphatic rings. The number of hydrogen-bond donors (Lipinski definition) is 1. The second kappa shape index (κ2) is 10.1. The van der Waals surface area contributed by atoms with E-state index in [0.717, 1.165) is 31.9 Å². The van der Waals surface area contributed by atoms with Crippen molar-refractivity contribution in [2.24, 2.45) is 0 Å². The highest BCUT2D eigenvalue weighted by atomic mass is 16.5. The quantitative estimate of drug-likeness (QED) is 0.691. The van der Waals surface area contributed by atoms with Gasteiger partial charge in [0.05, 0.1) is 6.61 Å². The maximum Gasteiger partial charge on any atom is 0.119 e. The molecule has 0 aromatic heterocycles. The highest BCUT2D eigenvalue weighted by Gasteiger charge is 2.35. The Kier molecular flexibility index (Phi) is 7.27.